The van der Waals surface area contributed by atoms with E-state index in [4.69, 9.17) is 0 Å². The number of non-ortho nitro benzene ring substituents is 1. The standard InChI is InChI=1S/C19H20N2O2/c1-11-10-19(2,3)20-18-8-13-6-12-7-14(21(22)23)4-5-15(12)17(13)9-16(11)18/h4-7,10,17,20H,8-9H2,1-3H3. The molecule has 1 heterocycles. The largest absolute Gasteiger partial charge is 0.379 e. The summed E-state index contributed by atoms with van der Waals surface area (Å²) in [5.74, 6) is 0.371. The molecule has 1 N–H and O–H groups in total. The second-order valence-electron chi connectivity index (χ2n) is 7.35. The molecule has 1 unspecified atom stereocenters. The van der Waals surface area contributed by atoms with Crippen molar-refractivity contribution >= 4 is 11.8 Å². The number of hydrogen-bond acceptors (Lipinski definition) is 3. The van der Waals surface area contributed by atoms with E-state index in [2.05, 4.69) is 38.2 Å². The number of rotatable bonds is 1. The Hall–Kier alpha value is -2.36. The van der Waals surface area contributed by atoms with E-state index in [0.717, 1.165) is 18.4 Å². The molecule has 0 fully saturated rings. The third kappa shape index (κ3) is 2.21. The minimum atomic E-state index is -0.318. The Labute approximate surface area is 135 Å². The molecular formula is C19H20N2O2. The van der Waals surface area contributed by atoms with Crippen LogP contribution in [0.1, 0.15) is 50.7 Å². The predicted octanol–water partition coefficient (Wildman–Crippen LogP) is 4.45. The summed E-state index contributed by atoms with van der Waals surface area (Å²) in [5.41, 5.74) is 7.87. The number of nitrogens with zero attached hydrogens (tertiary/aromatic N) is 1. The molecule has 2 aliphatic carbocycles. The summed E-state index contributed by atoms with van der Waals surface area (Å²) in [6, 6.07) is 5.27. The fraction of sp³-hybridized carbons (Fsp3) is 0.368. The van der Waals surface area contributed by atoms with Gasteiger partial charge in [0.1, 0.15) is 0 Å². The number of hydrogen-bond donors (Lipinski definition) is 1. The zero-order chi connectivity index (χ0) is 16.4. The van der Waals surface area contributed by atoms with Crippen LogP contribution in [0.15, 0.2) is 46.7 Å². The van der Waals surface area contributed by atoms with E-state index in [1.807, 2.05) is 6.07 Å². The Bertz CT molecular complexity index is 828. The molecule has 0 radical (unpaired) electrons. The Morgan fingerprint density at radius 1 is 1.35 bits per heavy atom. The molecule has 0 spiro atoms. The zero-order valence-electron chi connectivity index (χ0n) is 13.6. The van der Waals surface area contributed by atoms with E-state index in [9.17, 15) is 10.1 Å². The fourth-order valence-electron chi connectivity index (χ4n) is 4.24. The summed E-state index contributed by atoms with van der Waals surface area (Å²) in [5, 5.41) is 14.6. The highest BCUT2D eigenvalue weighted by atomic mass is 16.6. The first-order valence-electron chi connectivity index (χ1n) is 8.03. The van der Waals surface area contributed by atoms with Gasteiger partial charge < -0.3 is 5.32 Å². The number of nitrogens with one attached hydrogen (secondary N) is 1. The predicted molar refractivity (Wildman–Crippen MR) is 91.0 cm³/mol. The lowest BCUT2D eigenvalue weighted by molar-refractivity contribution is -0.384. The van der Waals surface area contributed by atoms with Crippen LogP contribution in [0.3, 0.4) is 0 Å². The van der Waals surface area contributed by atoms with Crippen LogP contribution in [0.2, 0.25) is 0 Å². The summed E-state index contributed by atoms with van der Waals surface area (Å²) in [6.45, 7) is 6.57. The van der Waals surface area contributed by atoms with E-state index in [1.165, 1.54) is 28.0 Å². The van der Waals surface area contributed by atoms with E-state index >= 15 is 0 Å². The first kappa shape index (κ1) is 14.2. The number of fused-ring (bicyclic) bond motifs is 3. The van der Waals surface area contributed by atoms with Crippen LogP contribution in [0.4, 0.5) is 5.69 Å². The third-order valence-corrected chi connectivity index (χ3v) is 5.12. The average molecular weight is 308 g/mol. The lowest BCUT2D eigenvalue weighted by Crippen LogP contribution is -2.41. The maximum Gasteiger partial charge on any atom is 0.270 e. The van der Waals surface area contributed by atoms with Gasteiger partial charge >= 0.3 is 0 Å². The quantitative estimate of drug-likeness (QED) is 0.616. The number of dihydropyridines is 1. The highest BCUT2D eigenvalue weighted by Crippen LogP contribution is 2.49. The Balaban J connectivity index is 1.73. The van der Waals surface area contributed by atoms with Crippen LogP contribution in [-0.4, -0.2) is 10.5 Å². The van der Waals surface area contributed by atoms with Crippen LogP contribution in [0.5, 0.6) is 0 Å². The van der Waals surface area contributed by atoms with Crippen LogP contribution in [0, 0.1) is 10.1 Å². The average Bonchev–Trinajstić information content (AvgIpc) is 2.80. The molecule has 23 heavy (non-hydrogen) atoms. The van der Waals surface area contributed by atoms with Crippen molar-refractivity contribution in [1.29, 1.82) is 0 Å². The van der Waals surface area contributed by atoms with Crippen molar-refractivity contribution in [3.05, 3.63) is 67.9 Å². The Morgan fingerprint density at radius 2 is 2.13 bits per heavy atom. The molecular weight excluding hydrogens is 288 g/mol. The fourth-order valence-corrected chi connectivity index (χ4v) is 4.24. The summed E-state index contributed by atoms with van der Waals surface area (Å²) in [4.78, 5) is 10.7. The molecule has 0 amide bonds. The third-order valence-electron chi connectivity index (χ3n) is 5.12. The van der Waals surface area contributed by atoms with Gasteiger partial charge in [-0.15, -0.1) is 0 Å². The number of allylic oxidation sites excluding steroid dienone is 3. The molecule has 4 nitrogen and oxygen atoms in total. The van der Waals surface area contributed by atoms with Gasteiger partial charge in [-0.05, 0) is 49.5 Å². The van der Waals surface area contributed by atoms with Crippen LogP contribution in [-0.2, 0) is 0 Å². The molecule has 1 aromatic rings. The zero-order valence-corrected chi connectivity index (χ0v) is 13.6. The molecule has 118 valence electrons. The molecule has 0 saturated heterocycles. The second-order valence-corrected chi connectivity index (χ2v) is 7.35. The van der Waals surface area contributed by atoms with Gasteiger partial charge in [0, 0.05) is 30.2 Å². The Kier molecular flexibility index (Phi) is 2.83. The molecule has 1 aliphatic heterocycles. The summed E-state index contributed by atoms with van der Waals surface area (Å²) < 4.78 is 0. The van der Waals surface area contributed by atoms with Gasteiger partial charge in [0.25, 0.3) is 5.69 Å². The Morgan fingerprint density at radius 3 is 2.87 bits per heavy atom. The number of nitro groups is 1. The van der Waals surface area contributed by atoms with Crippen LogP contribution < -0.4 is 5.32 Å². The molecule has 3 aliphatic rings. The minimum Gasteiger partial charge on any atom is -0.379 e. The second kappa shape index (κ2) is 4.57. The van der Waals surface area contributed by atoms with Gasteiger partial charge in [-0.1, -0.05) is 23.8 Å². The highest BCUT2D eigenvalue weighted by Gasteiger charge is 2.35. The molecule has 0 bridgehead atoms. The van der Waals surface area contributed by atoms with Gasteiger partial charge in [0.05, 0.1) is 10.5 Å². The van der Waals surface area contributed by atoms with Gasteiger partial charge in [-0.2, -0.15) is 0 Å². The molecule has 1 atom stereocenters. The van der Waals surface area contributed by atoms with E-state index in [1.54, 1.807) is 12.1 Å². The van der Waals surface area contributed by atoms with Crippen molar-refractivity contribution in [3.63, 3.8) is 0 Å². The van der Waals surface area contributed by atoms with E-state index in [-0.39, 0.29) is 16.1 Å². The highest BCUT2D eigenvalue weighted by molar-refractivity contribution is 5.71. The van der Waals surface area contributed by atoms with Crippen molar-refractivity contribution in [2.75, 3.05) is 0 Å². The lowest BCUT2D eigenvalue weighted by Gasteiger charge is -2.38. The van der Waals surface area contributed by atoms with Gasteiger partial charge in [-0.3, -0.25) is 10.1 Å². The van der Waals surface area contributed by atoms with E-state index in [0.29, 0.717) is 5.92 Å². The molecule has 4 heteroatoms. The van der Waals surface area contributed by atoms with Gasteiger partial charge in [-0.25, -0.2) is 0 Å². The van der Waals surface area contributed by atoms with Crippen molar-refractivity contribution in [2.45, 2.75) is 45.1 Å². The van der Waals surface area contributed by atoms with Crippen LogP contribution >= 0.6 is 0 Å². The molecule has 0 aromatic heterocycles. The summed E-state index contributed by atoms with van der Waals surface area (Å²) in [7, 11) is 0. The first-order chi connectivity index (χ1) is 10.8. The van der Waals surface area contributed by atoms with Gasteiger partial charge in [0.15, 0.2) is 0 Å². The summed E-state index contributed by atoms with van der Waals surface area (Å²) >= 11 is 0. The smallest absolute Gasteiger partial charge is 0.270 e. The normalized spacial score (nSPS) is 24.0. The van der Waals surface area contributed by atoms with Crippen LogP contribution in [0.25, 0.3) is 6.08 Å². The van der Waals surface area contributed by atoms with Crippen molar-refractivity contribution in [1.82, 2.24) is 5.32 Å². The summed E-state index contributed by atoms with van der Waals surface area (Å²) in [6.07, 6.45) is 6.35. The van der Waals surface area contributed by atoms with Crippen molar-refractivity contribution in [2.24, 2.45) is 0 Å². The molecule has 4 rings (SSSR count). The molecule has 0 saturated carbocycles. The SMILES string of the molecule is CC1=CC(C)(C)NC2=C1CC1C(=Cc3cc([N+](=O)[O-])ccc31)C2. The minimum absolute atomic E-state index is 0.0133. The maximum absolute atomic E-state index is 11.0. The maximum atomic E-state index is 11.0. The van der Waals surface area contributed by atoms with Crippen molar-refractivity contribution < 1.29 is 4.92 Å². The van der Waals surface area contributed by atoms with Gasteiger partial charge in [0.2, 0.25) is 0 Å². The number of benzene rings is 1. The monoisotopic (exact) mass is 308 g/mol. The molecule has 1 aromatic carbocycles. The van der Waals surface area contributed by atoms with Crippen molar-refractivity contribution in [3.8, 4) is 0 Å². The first-order valence-corrected chi connectivity index (χ1v) is 8.03. The van der Waals surface area contributed by atoms with E-state index < -0.39 is 0 Å². The lowest BCUT2D eigenvalue weighted by atomic mass is 9.76. The number of nitro benzene ring substituents is 1. The topological polar surface area (TPSA) is 55.2 Å².